The number of nitrogens with two attached hydrogens (primary N) is 1. The average molecular weight is 217 g/mol. The lowest BCUT2D eigenvalue weighted by Crippen LogP contribution is -2.06. The molecule has 4 nitrogen and oxygen atoms in total. The Bertz CT molecular complexity index is 477. The normalized spacial score (nSPS) is 12.4. The van der Waals surface area contributed by atoms with Crippen LogP contribution in [0.15, 0.2) is 30.5 Å². The van der Waals surface area contributed by atoms with Crippen LogP contribution in [0.4, 0.5) is 0 Å². The predicted octanol–water partition coefficient (Wildman–Crippen LogP) is 2.10. The lowest BCUT2D eigenvalue weighted by molar-refractivity contribution is 0.415. The van der Waals surface area contributed by atoms with Crippen LogP contribution < -0.4 is 10.5 Å². The second-order valence-electron chi connectivity index (χ2n) is 3.72. The molecular weight excluding hydrogens is 202 g/mol. The Morgan fingerprint density at radius 2 is 2.25 bits per heavy atom. The van der Waals surface area contributed by atoms with Crippen molar-refractivity contribution in [2.24, 2.45) is 5.73 Å². The van der Waals surface area contributed by atoms with Gasteiger partial charge in [0, 0.05) is 11.6 Å². The van der Waals surface area contributed by atoms with Gasteiger partial charge in [0.25, 0.3) is 0 Å². The summed E-state index contributed by atoms with van der Waals surface area (Å²) in [6.07, 6.45) is 1.79. The third-order valence-corrected chi connectivity index (χ3v) is 2.50. The van der Waals surface area contributed by atoms with Crippen molar-refractivity contribution in [3.63, 3.8) is 0 Å². The van der Waals surface area contributed by atoms with Crippen molar-refractivity contribution in [3.05, 3.63) is 36.2 Å². The Morgan fingerprint density at radius 1 is 1.44 bits per heavy atom. The van der Waals surface area contributed by atoms with Crippen molar-refractivity contribution in [1.29, 1.82) is 0 Å². The van der Waals surface area contributed by atoms with Gasteiger partial charge in [0.15, 0.2) is 0 Å². The Kier molecular flexibility index (Phi) is 2.92. The number of aromatic nitrogens is 2. The van der Waals surface area contributed by atoms with E-state index in [1.54, 1.807) is 13.3 Å². The van der Waals surface area contributed by atoms with E-state index in [0.717, 1.165) is 22.6 Å². The Labute approximate surface area is 94.4 Å². The van der Waals surface area contributed by atoms with Gasteiger partial charge in [0.1, 0.15) is 5.75 Å². The van der Waals surface area contributed by atoms with E-state index in [1.165, 1.54) is 0 Å². The third kappa shape index (κ3) is 1.92. The summed E-state index contributed by atoms with van der Waals surface area (Å²) in [5.41, 5.74) is 8.88. The summed E-state index contributed by atoms with van der Waals surface area (Å²) < 4.78 is 5.19. The Hall–Kier alpha value is -1.81. The van der Waals surface area contributed by atoms with Crippen molar-refractivity contribution >= 4 is 0 Å². The van der Waals surface area contributed by atoms with Crippen molar-refractivity contribution in [3.8, 4) is 16.9 Å². The molecule has 1 atom stereocenters. The van der Waals surface area contributed by atoms with E-state index in [2.05, 4.69) is 10.2 Å². The quantitative estimate of drug-likeness (QED) is 0.827. The molecule has 0 fully saturated rings. The summed E-state index contributed by atoms with van der Waals surface area (Å²) in [6, 6.07) is 7.78. The first-order chi connectivity index (χ1) is 7.72. The first-order valence-electron chi connectivity index (χ1n) is 5.15. The van der Waals surface area contributed by atoms with Crippen LogP contribution >= 0.6 is 0 Å². The van der Waals surface area contributed by atoms with Crippen molar-refractivity contribution in [1.82, 2.24) is 10.2 Å². The van der Waals surface area contributed by atoms with Crippen molar-refractivity contribution in [2.75, 3.05) is 7.11 Å². The Morgan fingerprint density at radius 3 is 2.94 bits per heavy atom. The lowest BCUT2D eigenvalue weighted by Gasteiger charge is -2.07. The van der Waals surface area contributed by atoms with Gasteiger partial charge in [0.05, 0.1) is 19.0 Å². The molecule has 16 heavy (non-hydrogen) atoms. The molecule has 0 bridgehead atoms. The topological polar surface area (TPSA) is 63.9 Å². The molecule has 1 unspecified atom stereocenters. The molecule has 1 aromatic heterocycles. The highest BCUT2D eigenvalue weighted by Gasteiger charge is 2.11. The van der Waals surface area contributed by atoms with Crippen LogP contribution in [0.2, 0.25) is 0 Å². The zero-order valence-electron chi connectivity index (χ0n) is 9.40. The minimum atomic E-state index is -0.0660. The number of benzene rings is 1. The van der Waals surface area contributed by atoms with Gasteiger partial charge < -0.3 is 10.5 Å². The smallest absolute Gasteiger partial charge is 0.119 e. The Balaban J connectivity index is 2.46. The van der Waals surface area contributed by atoms with Crippen molar-refractivity contribution in [2.45, 2.75) is 13.0 Å². The maximum atomic E-state index is 5.86. The maximum Gasteiger partial charge on any atom is 0.119 e. The molecule has 1 heterocycles. The standard InChI is InChI=1S/C12H15N3O/c1-8(13)12-11(7-14-15-12)9-4-3-5-10(6-9)16-2/h3-8H,13H2,1-2H3,(H,14,15). The summed E-state index contributed by atoms with van der Waals surface area (Å²) in [5, 5.41) is 6.95. The summed E-state index contributed by atoms with van der Waals surface area (Å²) in [6.45, 7) is 1.93. The van der Waals surface area contributed by atoms with E-state index >= 15 is 0 Å². The zero-order chi connectivity index (χ0) is 11.5. The van der Waals surface area contributed by atoms with E-state index < -0.39 is 0 Å². The monoisotopic (exact) mass is 217 g/mol. The number of hydrogen-bond donors (Lipinski definition) is 2. The minimum Gasteiger partial charge on any atom is -0.497 e. The molecule has 4 heteroatoms. The van der Waals surface area contributed by atoms with E-state index in [9.17, 15) is 0 Å². The number of aromatic amines is 1. The van der Waals surface area contributed by atoms with Gasteiger partial charge in [0.2, 0.25) is 0 Å². The molecular formula is C12H15N3O. The predicted molar refractivity (Wildman–Crippen MR) is 63.2 cm³/mol. The SMILES string of the molecule is COc1cccc(-c2cn[nH]c2C(C)N)c1. The first kappa shape index (κ1) is 10.7. The molecule has 2 rings (SSSR count). The fourth-order valence-corrected chi connectivity index (χ4v) is 1.66. The fraction of sp³-hybridized carbons (Fsp3) is 0.250. The van der Waals surface area contributed by atoms with Crippen molar-refractivity contribution < 1.29 is 4.74 Å². The second-order valence-corrected chi connectivity index (χ2v) is 3.72. The molecule has 0 amide bonds. The molecule has 0 radical (unpaired) electrons. The lowest BCUT2D eigenvalue weighted by atomic mass is 10.0. The number of rotatable bonds is 3. The number of ether oxygens (including phenoxy) is 1. The molecule has 84 valence electrons. The first-order valence-corrected chi connectivity index (χ1v) is 5.15. The number of hydrogen-bond acceptors (Lipinski definition) is 3. The number of nitrogens with one attached hydrogen (secondary N) is 1. The van der Waals surface area contributed by atoms with E-state index in [4.69, 9.17) is 10.5 Å². The highest BCUT2D eigenvalue weighted by Crippen LogP contribution is 2.27. The highest BCUT2D eigenvalue weighted by molar-refractivity contribution is 5.67. The molecule has 0 aliphatic carbocycles. The molecule has 0 aliphatic rings. The van der Waals surface area contributed by atoms with Gasteiger partial charge in [-0.2, -0.15) is 5.10 Å². The minimum absolute atomic E-state index is 0.0660. The van der Waals surface area contributed by atoms with Crippen LogP contribution in [-0.2, 0) is 0 Å². The summed E-state index contributed by atoms with van der Waals surface area (Å²) >= 11 is 0. The molecule has 0 saturated carbocycles. The number of methoxy groups -OCH3 is 1. The van der Waals surface area contributed by atoms with Crippen LogP contribution in [-0.4, -0.2) is 17.3 Å². The van der Waals surface area contributed by atoms with E-state index in [1.807, 2.05) is 31.2 Å². The highest BCUT2D eigenvalue weighted by atomic mass is 16.5. The van der Waals surface area contributed by atoms with Gasteiger partial charge in [-0.3, -0.25) is 5.10 Å². The summed E-state index contributed by atoms with van der Waals surface area (Å²) in [7, 11) is 1.65. The van der Waals surface area contributed by atoms with Gasteiger partial charge in [-0.25, -0.2) is 0 Å². The molecule has 1 aromatic carbocycles. The van der Waals surface area contributed by atoms with Crippen LogP contribution in [0.3, 0.4) is 0 Å². The molecule has 0 spiro atoms. The maximum absolute atomic E-state index is 5.86. The number of H-pyrrole nitrogens is 1. The van der Waals surface area contributed by atoms with E-state index in [0.29, 0.717) is 0 Å². The second kappa shape index (κ2) is 4.37. The van der Waals surface area contributed by atoms with Gasteiger partial charge in [-0.05, 0) is 24.6 Å². The van der Waals surface area contributed by atoms with Gasteiger partial charge >= 0.3 is 0 Å². The fourth-order valence-electron chi connectivity index (χ4n) is 1.66. The summed E-state index contributed by atoms with van der Waals surface area (Å²) in [4.78, 5) is 0. The van der Waals surface area contributed by atoms with Gasteiger partial charge in [-0.15, -0.1) is 0 Å². The zero-order valence-corrected chi connectivity index (χ0v) is 9.40. The summed E-state index contributed by atoms with van der Waals surface area (Å²) in [5.74, 6) is 0.828. The van der Waals surface area contributed by atoms with Gasteiger partial charge in [-0.1, -0.05) is 12.1 Å². The van der Waals surface area contributed by atoms with Crippen LogP contribution in [0.1, 0.15) is 18.7 Å². The molecule has 0 aliphatic heterocycles. The third-order valence-electron chi connectivity index (χ3n) is 2.50. The van der Waals surface area contributed by atoms with Crippen LogP contribution in [0.25, 0.3) is 11.1 Å². The van der Waals surface area contributed by atoms with Crippen LogP contribution in [0, 0.1) is 0 Å². The largest absolute Gasteiger partial charge is 0.497 e. The molecule has 2 aromatic rings. The average Bonchev–Trinajstić information content (AvgIpc) is 2.78. The molecule has 3 N–H and O–H groups in total. The molecule has 0 saturated heterocycles. The van der Waals surface area contributed by atoms with Crippen LogP contribution in [0.5, 0.6) is 5.75 Å². The number of nitrogens with zero attached hydrogens (tertiary/aromatic N) is 1. The van der Waals surface area contributed by atoms with E-state index in [-0.39, 0.29) is 6.04 Å².